The lowest BCUT2D eigenvalue weighted by atomic mass is 9.87. The van der Waals surface area contributed by atoms with Crippen molar-refractivity contribution in [2.45, 2.75) is 45.6 Å². The minimum atomic E-state index is -0.0962. The molecule has 0 spiro atoms. The maximum atomic E-state index is 13.8. The molecule has 1 N–H and O–H groups in total. The molecule has 0 radical (unpaired) electrons. The van der Waals surface area contributed by atoms with Gasteiger partial charge in [0, 0.05) is 6.04 Å². The summed E-state index contributed by atoms with van der Waals surface area (Å²) in [5.41, 5.74) is 1.38. The summed E-state index contributed by atoms with van der Waals surface area (Å²) in [6.07, 6.45) is 4.83. The minimum absolute atomic E-state index is 0.0962. The van der Waals surface area contributed by atoms with Gasteiger partial charge in [0.05, 0.1) is 5.69 Å². The molecule has 88 valence electrons. The lowest BCUT2D eigenvalue weighted by Crippen LogP contribution is -2.25. The van der Waals surface area contributed by atoms with Crippen molar-refractivity contribution >= 4 is 5.69 Å². The van der Waals surface area contributed by atoms with Crippen LogP contribution in [0.4, 0.5) is 10.1 Å². The first-order chi connectivity index (χ1) is 7.66. The van der Waals surface area contributed by atoms with Crippen LogP contribution in [0.3, 0.4) is 0 Å². The van der Waals surface area contributed by atoms with Crippen LogP contribution in [0.2, 0.25) is 0 Å². The third-order valence-corrected chi connectivity index (χ3v) is 3.57. The Kier molecular flexibility index (Phi) is 3.47. The summed E-state index contributed by atoms with van der Waals surface area (Å²) in [4.78, 5) is 0. The third-order valence-electron chi connectivity index (χ3n) is 3.57. The number of aryl methyl sites for hydroxylation is 1. The van der Waals surface area contributed by atoms with Crippen LogP contribution in [0, 0.1) is 18.7 Å². The fourth-order valence-electron chi connectivity index (χ4n) is 2.38. The van der Waals surface area contributed by atoms with Gasteiger partial charge in [-0.15, -0.1) is 0 Å². The number of nitrogens with one attached hydrogen (secondary N) is 1. The van der Waals surface area contributed by atoms with Gasteiger partial charge in [-0.05, 0) is 50.2 Å². The fraction of sp³-hybridized carbons (Fsp3) is 0.571. The zero-order chi connectivity index (χ0) is 11.5. The minimum Gasteiger partial charge on any atom is -0.380 e. The lowest BCUT2D eigenvalue weighted by Gasteiger charge is -2.28. The number of hydrogen-bond acceptors (Lipinski definition) is 1. The highest BCUT2D eigenvalue weighted by Crippen LogP contribution is 2.27. The maximum Gasteiger partial charge on any atom is 0.149 e. The van der Waals surface area contributed by atoms with E-state index in [1.165, 1.54) is 12.8 Å². The molecule has 1 aliphatic rings. The van der Waals surface area contributed by atoms with Crippen LogP contribution in [0.15, 0.2) is 18.2 Å². The predicted molar refractivity (Wildman–Crippen MR) is 66.2 cm³/mol. The highest BCUT2D eigenvalue weighted by molar-refractivity contribution is 5.48. The average molecular weight is 221 g/mol. The Labute approximate surface area is 97.1 Å². The Hall–Kier alpha value is -1.05. The van der Waals surface area contributed by atoms with E-state index >= 15 is 0 Å². The first kappa shape index (κ1) is 11.4. The molecule has 2 heteroatoms. The Balaban J connectivity index is 2.01. The molecular weight excluding hydrogens is 201 g/mol. The van der Waals surface area contributed by atoms with E-state index in [9.17, 15) is 4.39 Å². The smallest absolute Gasteiger partial charge is 0.149 e. The summed E-state index contributed by atoms with van der Waals surface area (Å²) < 4.78 is 13.8. The Morgan fingerprint density at radius 2 is 1.88 bits per heavy atom. The SMILES string of the molecule is Cc1cccc(NC2CCC(C)CC2)c1F. The average Bonchev–Trinajstić information content (AvgIpc) is 2.28. The first-order valence-corrected chi connectivity index (χ1v) is 6.18. The van der Waals surface area contributed by atoms with E-state index in [2.05, 4.69) is 12.2 Å². The zero-order valence-electron chi connectivity index (χ0n) is 10.1. The van der Waals surface area contributed by atoms with E-state index in [-0.39, 0.29) is 5.82 Å². The van der Waals surface area contributed by atoms with Crippen LogP contribution in [0.5, 0.6) is 0 Å². The van der Waals surface area contributed by atoms with Crippen molar-refractivity contribution < 1.29 is 4.39 Å². The van der Waals surface area contributed by atoms with Crippen molar-refractivity contribution in [3.05, 3.63) is 29.6 Å². The van der Waals surface area contributed by atoms with E-state index < -0.39 is 0 Å². The van der Waals surface area contributed by atoms with Gasteiger partial charge in [-0.25, -0.2) is 4.39 Å². The molecule has 0 saturated heterocycles. The van der Waals surface area contributed by atoms with Gasteiger partial charge in [-0.1, -0.05) is 19.1 Å². The molecular formula is C14H20FN. The van der Waals surface area contributed by atoms with Gasteiger partial charge in [0.15, 0.2) is 0 Å². The number of rotatable bonds is 2. The molecule has 0 aliphatic heterocycles. The van der Waals surface area contributed by atoms with Crippen LogP contribution < -0.4 is 5.32 Å². The standard InChI is InChI=1S/C14H20FN/c1-10-6-8-12(9-7-10)16-13-5-3-4-11(2)14(13)15/h3-5,10,12,16H,6-9H2,1-2H3. The van der Waals surface area contributed by atoms with Gasteiger partial charge >= 0.3 is 0 Å². The zero-order valence-corrected chi connectivity index (χ0v) is 10.1. The number of anilines is 1. The largest absolute Gasteiger partial charge is 0.380 e. The van der Waals surface area contributed by atoms with Crippen LogP contribution in [-0.2, 0) is 0 Å². The summed E-state index contributed by atoms with van der Waals surface area (Å²) in [6, 6.07) is 6.00. The van der Waals surface area contributed by atoms with Gasteiger partial charge in [0.1, 0.15) is 5.82 Å². The van der Waals surface area contributed by atoms with Gasteiger partial charge in [0.25, 0.3) is 0 Å². The van der Waals surface area contributed by atoms with E-state index in [1.54, 1.807) is 0 Å². The second-order valence-corrected chi connectivity index (χ2v) is 5.04. The lowest BCUT2D eigenvalue weighted by molar-refractivity contribution is 0.360. The van der Waals surface area contributed by atoms with Crippen LogP contribution in [0.1, 0.15) is 38.2 Å². The van der Waals surface area contributed by atoms with Crippen molar-refractivity contribution in [3.63, 3.8) is 0 Å². The fourth-order valence-corrected chi connectivity index (χ4v) is 2.38. The van der Waals surface area contributed by atoms with Gasteiger partial charge < -0.3 is 5.32 Å². The van der Waals surface area contributed by atoms with E-state index in [4.69, 9.17) is 0 Å². The first-order valence-electron chi connectivity index (χ1n) is 6.18. The molecule has 2 rings (SSSR count). The summed E-state index contributed by atoms with van der Waals surface area (Å²) in [5, 5.41) is 3.34. The Bertz CT molecular complexity index is 354. The van der Waals surface area contributed by atoms with Crippen molar-refractivity contribution in [2.24, 2.45) is 5.92 Å². The summed E-state index contributed by atoms with van der Waals surface area (Å²) in [6.45, 7) is 4.10. The highest BCUT2D eigenvalue weighted by atomic mass is 19.1. The monoisotopic (exact) mass is 221 g/mol. The predicted octanol–water partition coefficient (Wildman–Crippen LogP) is 4.12. The Morgan fingerprint density at radius 3 is 2.56 bits per heavy atom. The molecule has 1 nitrogen and oxygen atoms in total. The highest BCUT2D eigenvalue weighted by Gasteiger charge is 2.18. The molecule has 0 heterocycles. The molecule has 1 fully saturated rings. The quantitative estimate of drug-likeness (QED) is 0.792. The summed E-state index contributed by atoms with van der Waals surface area (Å²) in [5.74, 6) is 0.738. The van der Waals surface area contributed by atoms with Gasteiger partial charge in [-0.3, -0.25) is 0 Å². The number of halogens is 1. The molecule has 0 aromatic heterocycles. The number of hydrogen-bond donors (Lipinski definition) is 1. The van der Waals surface area contributed by atoms with Crippen molar-refractivity contribution in [2.75, 3.05) is 5.32 Å². The summed E-state index contributed by atoms with van der Waals surface area (Å²) >= 11 is 0. The summed E-state index contributed by atoms with van der Waals surface area (Å²) in [7, 11) is 0. The van der Waals surface area contributed by atoms with Crippen LogP contribution >= 0.6 is 0 Å². The molecule has 1 aromatic carbocycles. The molecule has 0 atom stereocenters. The second kappa shape index (κ2) is 4.86. The molecule has 1 aromatic rings. The van der Waals surface area contributed by atoms with Crippen molar-refractivity contribution in [1.82, 2.24) is 0 Å². The molecule has 0 unspecified atom stereocenters. The second-order valence-electron chi connectivity index (χ2n) is 5.04. The van der Waals surface area contributed by atoms with Crippen molar-refractivity contribution in [3.8, 4) is 0 Å². The number of benzene rings is 1. The molecule has 0 amide bonds. The molecule has 1 aliphatic carbocycles. The van der Waals surface area contributed by atoms with Crippen molar-refractivity contribution in [1.29, 1.82) is 0 Å². The molecule has 1 saturated carbocycles. The molecule has 0 bridgehead atoms. The van der Waals surface area contributed by atoms with E-state index in [0.717, 1.165) is 18.8 Å². The molecule has 16 heavy (non-hydrogen) atoms. The van der Waals surface area contributed by atoms with Crippen LogP contribution in [0.25, 0.3) is 0 Å². The maximum absolute atomic E-state index is 13.8. The van der Waals surface area contributed by atoms with Gasteiger partial charge in [-0.2, -0.15) is 0 Å². The van der Waals surface area contributed by atoms with Crippen LogP contribution in [-0.4, -0.2) is 6.04 Å². The topological polar surface area (TPSA) is 12.0 Å². The van der Waals surface area contributed by atoms with E-state index in [1.807, 2.05) is 25.1 Å². The van der Waals surface area contributed by atoms with E-state index in [0.29, 0.717) is 17.3 Å². The third kappa shape index (κ3) is 2.55. The normalized spacial score (nSPS) is 25.4. The Morgan fingerprint density at radius 1 is 1.19 bits per heavy atom. The van der Waals surface area contributed by atoms with Gasteiger partial charge in [0.2, 0.25) is 0 Å².